The third-order valence-electron chi connectivity index (χ3n) is 2.62. The van der Waals surface area contributed by atoms with E-state index >= 15 is 0 Å². The lowest BCUT2D eigenvalue weighted by Crippen LogP contribution is -2.18. The average molecular weight is 183 g/mol. The summed E-state index contributed by atoms with van der Waals surface area (Å²) in [6.45, 7) is 0. The SMILES string of the molecule is Nc1cnn(C2CCC(F)CC2)c1. The molecule has 0 aliphatic heterocycles. The fourth-order valence-corrected chi connectivity index (χ4v) is 1.85. The van der Waals surface area contributed by atoms with E-state index in [4.69, 9.17) is 5.73 Å². The number of aromatic nitrogens is 2. The molecule has 1 saturated carbocycles. The van der Waals surface area contributed by atoms with Crippen LogP contribution in [0.15, 0.2) is 12.4 Å². The zero-order valence-corrected chi connectivity index (χ0v) is 7.49. The zero-order valence-electron chi connectivity index (χ0n) is 7.49. The van der Waals surface area contributed by atoms with Gasteiger partial charge in [-0.3, -0.25) is 4.68 Å². The Kier molecular flexibility index (Phi) is 2.20. The highest BCUT2D eigenvalue weighted by Gasteiger charge is 2.21. The van der Waals surface area contributed by atoms with Crippen molar-refractivity contribution in [3.63, 3.8) is 0 Å². The molecule has 0 spiro atoms. The Morgan fingerprint density at radius 1 is 1.38 bits per heavy atom. The first-order chi connectivity index (χ1) is 6.25. The standard InChI is InChI=1S/C9H14FN3/c10-7-1-3-9(4-2-7)13-6-8(11)5-12-13/h5-7,9H,1-4,11H2. The van der Waals surface area contributed by atoms with Crippen molar-refractivity contribution in [2.75, 3.05) is 5.73 Å². The van der Waals surface area contributed by atoms with Crippen molar-refractivity contribution in [1.82, 2.24) is 9.78 Å². The van der Waals surface area contributed by atoms with E-state index in [0.29, 0.717) is 24.6 Å². The van der Waals surface area contributed by atoms with Gasteiger partial charge in [0, 0.05) is 6.20 Å². The van der Waals surface area contributed by atoms with Crippen LogP contribution in [0.25, 0.3) is 0 Å². The van der Waals surface area contributed by atoms with Crippen LogP contribution >= 0.6 is 0 Å². The van der Waals surface area contributed by atoms with Gasteiger partial charge in [-0.05, 0) is 25.7 Å². The maximum atomic E-state index is 12.8. The van der Waals surface area contributed by atoms with Gasteiger partial charge in [0.05, 0.1) is 17.9 Å². The molecule has 0 bridgehead atoms. The van der Waals surface area contributed by atoms with Crippen molar-refractivity contribution in [3.8, 4) is 0 Å². The van der Waals surface area contributed by atoms with Gasteiger partial charge < -0.3 is 5.73 Å². The summed E-state index contributed by atoms with van der Waals surface area (Å²) in [5.41, 5.74) is 6.24. The van der Waals surface area contributed by atoms with E-state index in [1.807, 2.05) is 10.9 Å². The Labute approximate surface area is 76.7 Å². The van der Waals surface area contributed by atoms with E-state index in [0.717, 1.165) is 12.8 Å². The maximum Gasteiger partial charge on any atom is 0.100 e. The molecule has 1 aromatic rings. The molecule has 72 valence electrons. The van der Waals surface area contributed by atoms with Crippen LogP contribution in [-0.2, 0) is 0 Å². The van der Waals surface area contributed by atoms with Gasteiger partial charge in [0.2, 0.25) is 0 Å². The van der Waals surface area contributed by atoms with Crippen molar-refractivity contribution in [3.05, 3.63) is 12.4 Å². The highest BCUT2D eigenvalue weighted by molar-refractivity contribution is 5.30. The number of rotatable bonds is 1. The molecule has 0 aromatic carbocycles. The van der Waals surface area contributed by atoms with Crippen LogP contribution in [0.2, 0.25) is 0 Å². The van der Waals surface area contributed by atoms with E-state index < -0.39 is 6.17 Å². The van der Waals surface area contributed by atoms with Gasteiger partial charge in [-0.1, -0.05) is 0 Å². The number of nitrogen functional groups attached to an aromatic ring is 1. The highest BCUT2D eigenvalue weighted by Crippen LogP contribution is 2.29. The van der Waals surface area contributed by atoms with E-state index in [2.05, 4.69) is 5.10 Å². The summed E-state index contributed by atoms with van der Waals surface area (Å²) in [6.07, 6.45) is 5.92. The fraction of sp³-hybridized carbons (Fsp3) is 0.667. The molecule has 4 heteroatoms. The van der Waals surface area contributed by atoms with Crippen LogP contribution in [0.5, 0.6) is 0 Å². The Bertz CT molecular complexity index is 276. The van der Waals surface area contributed by atoms with Crippen molar-refractivity contribution >= 4 is 5.69 Å². The van der Waals surface area contributed by atoms with Gasteiger partial charge >= 0.3 is 0 Å². The quantitative estimate of drug-likeness (QED) is 0.722. The lowest BCUT2D eigenvalue weighted by molar-refractivity contribution is 0.202. The summed E-state index contributed by atoms with van der Waals surface area (Å²) in [7, 11) is 0. The fourth-order valence-electron chi connectivity index (χ4n) is 1.85. The molecule has 1 heterocycles. The summed E-state index contributed by atoms with van der Waals surface area (Å²) in [6, 6.07) is 0.351. The Hall–Kier alpha value is -1.06. The minimum absolute atomic E-state index is 0.351. The molecule has 0 atom stereocenters. The molecule has 0 amide bonds. The molecule has 0 saturated heterocycles. The Morgan fingerprint density at radius 2 is 2.08 bits per heavy atom. The molecular formula is C9H14FN3. The van der Waals surface area contributed by atoms with E-state index in [1.165, 1.54) is 0 Å². The molecular weight excluding hydrogens is 169 g/mol. The minimum Gasteiger partial charge on any atom is -0.396 e. The van der Waals surface area contributed by atoms with Crippen LogP contribution < -0.4 is 5.73 Å². The molecule has 1 aromatic heterocycles. The lowest BCUT2D eigenvalue weighted by atomic mass is 9.94. The summed E-state index contributed by atoms with van der Waals surface area (Å²) >= 11 is 0. The second-order valence-corrected chi connectivity index (χ2v) is 3.66. The number of nitrogens with two attached hydrogens (primary N) is 1. The molecule has 1 aliphatic carbocycles. The zero-order chi connectivity index (χ0) is 9.26. The number of nitrogens with zero attached hydrogens (tertiary/aromatic N) is 2. The smallest absolute Gasteiger partial charge is 0.100 e. The van der Waals surface area contributed by atoms with E-state index in [9.17, 15) is 4.39 Å². The molecule has 13 heavy (non-hydrogen) atoms. The van der Waals surface area contributed by atoms with Crippen molar-refractivity contribution < 1.29 is 4.39 Å². The number of hydrogen-bond acceptors (Lipinski definition) is 2. The second kappa shape index (κ2) is 3.36. The van der Waals surface area contributed by atoms with Gasteiger partial charge in [-0.25, -0.2) is 4.39 Å². The minimum atomic E-state index is -0.607. The number of anilines is 1. The molecule has 0 unspecified atom stereocenters. The topological polar surface area (TPSA) is 43.8 Å². The van der Waals surface area contributed by atoms with Crippen molar-refractivity contribution in [1.29, 1.82) is 0 Å². The van der Waals surface area contributed by atoms with Gasteiger partial charge in [0.25, 0.3) is 0 Å². The molecule has 1 aliphatic rings. The average Bonchev–Trinajstić information content (AvgIpc) is 2.53. The van der Waals surface area contributed by atoms with Crippen LogP contribution in [0.1, 0.15) is 31.7 Å². The molecule has 3 nitrogen and oxygen atoms in total. The molecule has 2 rings (SSSR count). The monoisotopic (exact) mass is 183 g/mol. The molecule has 1 fully saturated rings. The highest BCUT2D eigenvalue weighted by atomic mass is 19.1. The first-order valence-electron chi connectivity index (χ1n) is 4.69. The van der Waals surface area contributed by atoms with Crippen LogP contribution in [0, 0.1) is 0 Å². The van der Waals surface area contributed by atoms with Crippen molar-refractivity contribution in [2.45, 2.75) is 37.9 Å². The second-order valence-electron chi connectivity index (χ2n) is 3.66. The van der Waals surface area contributed by atoms with E-state index in [1.54, 1.807) is 6.20 Å². The summed E-state index contributed by atoms with van der Waals surface area (Å²) in [5, 5.41) is 4.13. The summed E-state index contributed by atoms with van der Waals surface area (Å²) in [4.78, 5) is 0. The van der Waals surface area contributed by atoms with Gasteiger partial charge in [0.1, 0.15) is 6.17 Å². The predicted molar refractivity (Wildman–Crippen MR) is 49.0 cm³/mol. The molecule has 0 radical (unpaired) electrons. The third kappa shape index (κ3) is 1.82. The summed E-state index contributed by atoms with van der Waals surface area (Å²) < 4.78 is 14.7. The van der Waals surface area contributed by atoms with Gasteiger partial charge in [-0.15, -0.1) is 0 Å². The first-order valence-corrected chi connectivity index (χ1v) is 4.69. The van der Waals surface area contributed by atoms with Gasteiger partial charge in [0.15, 0.2) is 0 Å². The third-order valence-corrected chi connectivity index (χ3v) is 2.62. The Balaban J connectivity index is 2.02. The number of halogens is 1. The lowest BCUT2D eigenvalue weighted by Gasteiger charge is -2.24. The van der Waals surface area contributed by atoms with Crippen LogP contribution in [0.3, 0.4) is 0 Å². The van der Waals surface area contributed by atoms with Crippen LogP contribution in [-0.4, -0.2) is 16.0 Å². The van der Waals surface area contributed by atoms with Crippen molar-refractivity contribution in [2.24, 2.45) is 0 Å². The normalized spacial score (nSPS) is 29.0. The molecule has 2 N–H and O–H groups in total. The largest absolute Gasteiger partial charge is 0.396 e. The summed E-state index contributed by atoms with van der Waals surface area (Å²) in [5.74, 6) is 0. The van der Waals surface area contributed by atoms with Gasteiger partial charge in [-0.2, -0.15) is 5.10 Å². The first kappa shape index (κ1) is 8.53. The maximum absolute atomic E-state index is 12.8. The number of hydrogen-bond donors (Lipinski definition) is 1. The number of alkyl halides is 1. The van der Waals surface area contributed by atoms with E-state index in [-0.39, 0.29) is 0 Å². The van der Waals surface area contributed by atoms with Crippen LogP contribution in [0.4, 0.5) is 10.1 Å². The predicted octanol–water partition coefficient (Wildman–Crippen LogP) is 1.92. The Morgan fingerprint density at radius 3 is 2.62 bits per heavy atom.